The van der Waals surface area contributed by atoms with Crippen molar-refractivity contribution in [2.75, 3.05) is 6.54 Å². The molecule has 0 unspecified atom stereocenters. The van der Waals surface area contributed by atoms with E-state index in [0.29, 0.717) is 6.54 Å². The van der Waals surface area contributed by atoms with Crippen LogP contribution in [0.5, 0.6) is 0 Å². The first-order valence-electron chi connectivity index (χ1n) is 7.09. The molecule has 0 spiro atoms. The van der Waals surface area contributed by atoms with E-state index in [-0.39, 0.29) is 5.41 Å². The van der Waals surface area contributed by atoms with Crippen LogP contribution in [-0.4, -0.2) is 16.7 Å². The Labute approximate surface area is 137 Å². The van der Waals surface area contributed by atoms with Gasteiger partial charge in [0.25, 0.3) is 0 Å². The molecular weight excluding hydrogens is 350 g/mol. The highest BCUT2D eigenvalue weighted by atomic mass is 79.9. The molecule has 1 heterocycles. The van der Waals surface area contributed by atoms with E-state index in [0.717, 1.165) is 28.4 Å². The van der Waals surface area contributed by atoms with Crippen LogP contribution in [0.4, 0.5) is 0 Å². The van der Waals surface area contributed by atoms with Gasteiger partial charge >= 0.3 is 0 Å². The summed E-state index contributed by atoms with van der Waals surface area (Å²) in [6.07, 6.45) is 4.43. The molecule has 112 valence electrons. The zero-order valence-corrected chi connectivity index (χ0v) is 14.1. The number of nitrogens with zero attached hydrogens (tertiary/aromatic N) is 2. The molecule has 1 aliphatic rings. The third-order valence-electron chi connectivity index (χ3n) is 4.07. The van der Waals surface area contributed by atoms with Crippen LogP contribution in [0.25, 0.3) is 0 Å². The van der Waals surface area contributed by atoms with E-state index in [1.54, 1.807) is 11.8 Å². The topological polar surface area (TPSA) is 64.9 Å². The molecule has 2 N–H and O–H groups in total. The molecule has 1 fully saturated rings. The molecule has 21 heavy (non-hydrogen) atoms. The highest BCUT2D eigenvalue weighted by Gasteiger charge is 2.37. The van der Waals surface area contributed by atoms with Gasteiger partial charge in [-0.3, -0.25) is 0 Å². The average molecular weight is 368 g/mol. The molecule has 1 aromatic carbocycles. The number of benzene rings is 1. The molecule has 1 aliphatic carbocycles. The van der Waals surface area contributed by atoms with Gasteiger partial charge in [0, 0.05) is 15.8 Å². The fourth-order valence-corrected chi connectivity index (χ4v) is 3.56. The van der Waals surface area contributed by atoms with Crippen LogP contribution in [-0.2, 0) is 12.2 Å². The van der Waals surface area contributed by atoms with Crippen LogP contribution in [0.2, 0.25) is 0 Å². The van der Waals surface area contributed by atoms with Crippen molar-refractivity contribution in [3.05, 3.63) is 40.5 Å². The second-order valence-corrected chi connectivity index (χ2v) is 7.55. The standard InChI is InChI=1S/C15H18BrN3OS/c16-11-2-4-12(5-3-11)21-9-13-18-14(20-19-13)8-15(10-17)6-1-7-15/h2-5H,1,6-10,17H2. The van der Waals surface area contributed by atoms with Gasteiger partial charge in [-0.2, -0.15) is 4.98 Å². The minimum atomic E-state index is 0.211. The SMILES string of the molecule is NCC1(Cc2nc(CSc3ccc(Br)cc3)no2)CCC1. The van der Waals surface area contributed by atoms with Gasteiger partial charge in [0.15, 0.2) is 5.82 Å². The van der Waals surface area contributed by atoms with Crippen molar-refractivity contribution in [3.8, 4) is 0 Å². The van der Waals surface area contributed by atoms with Crippen LogP contribution in [0.15, 0.2) is 38.2 Å². The maximum atomic E-state index is 5.87. The number of nitrogens with two attached hydrogens (primary N) is 1. The Kier molecular flexibility index (Phi) is 4.66. The zero-order valence-electron chi connectivity index (χ0n) is 11.7. The summed E-state index contributed by atoms with van der Waals surface area (Å²) in [5, 5.41) is 4.07. The van der Waals surface area contributed by atoms with Crippen LogP contribution in [0.3, 0.4) is 0 Å². The molecule has 1 aromatic heterocycles. The molecule has 6 heteroatoms. The van der Waals surface area contributed by atoms with Crippen molar-refractivity contribution < 1.29 is 4.52 Å². The molecule has 2 aromatic rings. The molecule has 4 nitrogen and oxygen atoms in total. The maximum absolute atomic E-state index is 5.87. The zero-order chi connectivity index (χ0) is 14.7. The van der Waals surface area contributed by atoms with E-state index in [9.17, 15) is 0 Å². The highest BCUT2D eigenvalue weighted by molar-refractivity contribution is 9.10. The first-order chi connectivity index (χ1) is 10.2. The summed E-state index contributed by atoms with van der Waals surface area (Å²) in [5.41, 5.74) is 6.08. The fraction of sp³-hybridized carbons (Fsp3) is 0.467. The molecular formula is C15H18BrN3OS. The minimum Gasteiger partial charge on any atom is -0.339 e. The lowest BCUT2D eigenvalue weighted by Gasteiger charge is -2.39. The quantitative estimate of drug-likeness (QED) is 0.786. The Hall–Kier alpha value is -0.850. The number of hydrogen-bond donors (Lipinski definition) is 1. The third kappa shape index (κ3) is 3.67. The van der Waals surface area contributed by atoms with E-state index in [1.807, 2.05) is 12.1 Å². The third-order valence-corrected chi connectivity index (χ3v) is 5.60. The lowest BCUT2D eigenvalue weighted by molar-refractivity contribution is 0.129. The number of rotatable bonds is 6. The van der Waals surface area contributed by atoms with E-state index in [2.05, 4.69) is 38.2 Å². The Bertz CT molecular complexity index is 590. The Morgan fingerprint density at radius 2 is 2.05 bits per heavy atom. The second kappa shape index (κ2) is 6.50. The minimum absolute atomic E-state index is 0.211. The van der Waals surface area contributed by atoms with Gasteiger partial charge < -0.3 is 10.3 Å². The highest BCUT2D eigenvalue weighted by Crippen LogP contribution is 2.42. The van der Waals surface area contributed by atoms with Crippen molar-refractivity contribution in [2.24, 2.45) is 11.1 Å². The van der Waals surface area contributed by atoms with Gasteiger partial charge in [-0.15, -0.1) is 11.8 Å². The Morgan fingerprint density at radius 1 is 1.29 bits per heavy atom. The molecule has 3 rings (SSSR count). The second-order valence-electron chi connectivity index (χ2n) is 5.58. The van der Waals surface area contributed by atoms with E-state index in [1.165, 1.54) is 24.2 Å². The van der Waals surface area contributed by atoms with Crippen molar-refractivity contribution in [2.45, 2.75) is 36.3 Å². The molecule has 0 bridgehead atoms. The van der Waals surface area contributed by atoms with Crippen molar-refractivity contribution >= 4 is 27.7 Å². The summed E-state index contributed by atoms with van der Waals surface area (Å²) in [5.74, 6) is 2.21. The molecule has 0 saturated heterocycles. The smallest absolute Gasteiger partial charge is 0.227 e. The van der Waals surface area contributed by atoms with Crippen LogP contribution >= 0.6 is 27.7 Å². The number of hydrogen-bond acceptors (Lipinski definition) is 5. The normalized spacial score (nSPS) is 16.7. The fourth-order valence-electron chi connectivity index (χ4n) is 2.55. The maximum Gasteiger partial charge on any atom is 0.227 e. The monoisotopic (exact) mass is 367 g/mol. The van der Waals surface area contributed by atoms with Crippen molar-refractivity contribution in [1.82, 2.24) is 10.1 Å². The molecule has 0 amide bonds. The predicted octanol–water partition coefficient (Wildman–Crippen LogP) is 3.80. The summed E-state index contributed by atoms with van der Waals surface area (Å²) in [4.78, 5) is 5.69. The van der Waals surface area contributed by atoms with Gasteiger partial charge in [-0.25, -0.2) is 0 Å². The van der Waals surface area contributed by atoms with Crippen molar-refractivity contribution in [3.63, 3.8) is 0 Å². The van der Waals surface area contributed by atoms with E-state index < -0.39 is 0 Å². The molecule has 0 aliphatic heterocycles. The van der Waals surface area contributed by atoms with Crippen LogP contribution < -0.4 is 5.73 Å². The number of aromatic nitrogens is 2. The van der Waals surface area contributed by atoms with Gasteiger partial charge in [-0.1, -0.05) is 27.5 Å². The van der Waals surface area contributed by atoms with Crippen LogP contribution in [0, 0.1) is 5.41 Å². The number of thioether (sulfide) groups is 1. The first kappa shape index (κ1) is 15.1. The van der Waals surface area contributed by atoms with Gasteiger partial charge in [0.2, 0.25) is 5.89 Å². The summed E-state index contributed by atoms with van der Waals surface area (Å²) in [6.45, 7) is 0.707. The summed E-state index contributed by atoms with van der Waals surface area (Å²) < 4.78 is 6.45. The van der Waals surface area contributed by atoms with Crippen molar-refractivity contribution in [1.29, 1.82) is 0 Å². The lowest BCUT2D eigenvalue weighted by Crippen LogP contribution is -2.39. The van der Waals surface area contributed by atoms with Gasteiger partial charge in [0.05, 0.1) is 5.75 Å². The summed E-state index contributed by atoms with van der Waals surface area (Å²) >= 11 is 5.14. The molecule has 1 saturated carbocycles. The first-order valence-corrected chi connectivity index (χ1v) is 8.87. The van der Waals surface area contributed by atoms with Crippen LogP contribution in [0.1, 0.15) is 31.0 Å². The molecule has 0 radical (unpaired) electrons. The Balaban J connectivity index is 1.56. The van der Waals surface area contributed by atoms with Gasteiger partial charge in [-0.05, 0) is 49.1 Å². The van der Waals surface area contributed by atoms with E-state index >= 15 is 0 Å². The lowest BCUT2D eigenvalue weighted by atomic mass is 9.67. The van der Waals surface area contributed by atoms with E-state index in [4.69, 9.17) is 10.3 Å². The number of halogens is 1. The average Bonchev–Trinajstić information content (AvgIpc) is 2.90. The van der Waals surface area contributed by atoms with Gasteiger partial charge in [0.1, 0.15) is 0 Å². The largest absolute Gasteiger partial charge is 0.339 e. The molecule has 0 atom stereocenters. The summed E-state index contributed by atoms with van der Waals surface area (Å²) in [6, 6.07) is 8.22. The Morgan fingerprint density at radius 3 is 2.67 bits per heavy atom. The predicted molar refractivity (Wildman–Crippen MR) is 87.0 cm³/mol. The summed E-state index contributed by atoms with van der Waals surface area (Å²) in [7, 11) is 0.